The Balaban J connectivity index is 1.59. The average molecular weight is 431 g/mol. The van der Waals surface area contributed by atoms with Crippen LogP contribution in [0.3, 0.4) is 0 Å². The lowest BCUT2D eigenvalue weighted by atomic mass is 10.3. The Labute approximate surface area is 182 Å². The third-order valence-electron chi connectivity index (χ3n) is 4.81. The first kappa shape index (κ1) is 22.7. The Morgan fingerprint density at radius 2 is 1.94 bits per heavy atom. The number of nitrogens with one attached hydrogen (secondary N) is 1. The molecule has 0 radical (unpaired) electrons. The summed E-state index contributed by atoms with van der Waals surface area (Å²) in [6.07, 6.45) is 0.505. The molecule has 10 heteroatoms. The van der Waals surface area contributed by atoms with Crippen molar-refractivity contribution in [3.63, 3.8) is 0 Å². The van der Waals surface area contributed by atoms with Crippen LogP contribution >= 0.6 is 0 Å². The summed E-state index contributed by atoms with van der Waals surface area (Å²) in [5.74, 6) is 1.44. The molecule has 1 aromatic heterocycles. The predicted octanol–water partition coefficient (Wildman–Crippen LogP) is 1.98. The summed E-state index contributed by atoms with van der Waals surface area (Å²) < 4.78 is 11.0. The normalized spacial score (nSPS) is 14.4. The van der Waals surface area contributed by atoms with Crippen LogP contribution in [0, 0.1) is 0 Å². The van der Waals surface area contributed by atoms with Gasteiger partial charge in [-0.3, -0.25) is 9.80 Å². The summed E-state index contributed by atoms with van der Waals surface area (Å²) >= 11 is 0. The standard InChI is InChI=1S/C21H30N6O4/c1-25(2)11-16-31-18-5-3-17(4-6-18)23-20-22-8-7-19(24-20)27(21(28)29)10-9-26-12-14-30-15-13-26/h3-8H,9-16H2,1-2H3,(H,28,29)(H,22,23,24). The average Bonchev–Trinajstić information content (AvgIpc) is 2.76. The quantitative estimate of drug-likeness (QED) is 0.585. The lowest BCUT2D eigenvalue weighted by Crippen LogP contribution is -2.43. The monoisotopic (exact) mass is 430 g/mol. The van der Waals surface area contributed by atoms with Crippen LogP contribution in [0.15, 0.2) is 36.5 Å². The highest BCUT2D eigenvalue weighted by molar-refractivity contribution is 5.84. The second kappa shape index (κ2) is 11.4. The molecule has 31 heavy (non-hydrogen) atoms. The molecule has 2 N–H and O–H groups in total. The second-order valence-corrected chi connectivity index (χ2v) is 7.43. The molecule has 0 bridgehead atoms. The maximum absolute atomic E-state index is 11.8. The molecular weight excluding hydrogens is 400 g/mol. The summed E-state index contributed by atoms with van der Waals surface area (Å²) in [5.41, 5.74) is 0.785. The summed E-state index contributed by atoms with van der Waals surface area (Å²) in [6, 6.07) is 9.07. The van der Waals surface area contributed by atoms with Gasteiger partial charge < -0.3 is 24.8 Å². The van der Waals surface area contributed by atoms with Crippen LogP contribution in [-0.4, -0.2) is 97.6 Å². The van der Waals surface area contributed by atoms with E-state index in [1.54, 1.807) is 12.3 Å². The maximum atomic E-state index is 11.8. The molecule has 0 atom stereocenters. The highest BCUT2D eigenvalue weighted by Gasteiger charge is 2.19. The van der Waals surface area contributed by atoms with Gasteiger partial charge in [0.25, 0.3) is 0 Å². The van der Waals surface area contributed by atoms with E-state index in [2.05, 4.69) is 25.1 Å². The molecule has 1 aliphatic heterocycles. The third kappa shape index (κ3) is 7.35. The zero-order valence-electron chi connectivity index (χ0n) is 18.0. The van der Waals surface area contributed by atoms with Crippen molar-refractivity contribution in [3.05, 3.63) is 36.5 Å². The highest BCUT2D eigenvalue weighted by atomic mass is 16.5. The fourth-order valence-electron chi connectivity index (χ4n) is 3.04. The van der Waals surface area contributed by atoms with Gasteiger partial charge in [0.05, 0.1) is 13.2 Å². The summed E-state index contributed by atoms with van der Waals surface area (Å²) in [4.78, 5) is 25.9. The summed E-state index contributed by atoms with van der Waals surface area (Å²) in [7, 11) is 4.00. The van der Waals surface area contributed by atoms with Gasteiger partial charge >= 0.3 is 6.09 Å². The minimum Gasteiger partial charge on any atom is -0.492 e. The van der Waals surface area contributed by atoms with Crippen molar-refractivity contribution in [2.75, 3.05) is 76.9 Å². The molecular formula is C21H30N6O4. The Bertz CT molecular complexity index is 827. The molecule has 168 valence electrons. The number of ether oxygens (including phenoxy) is 2. The van der Waals surface area contributed by atoms with Gasteiger partial charge in [-0.1, -0.05) is 0 Å². The van der Waals surface area contributed by atoms with Crippen molar-refractivity contribution in [3.8, 4) is 5.75 Å². The Hall–Kier alpha value is -2.95. The van der Waals surface area contributed by atoms with E-state index in [4.69, 9.17) is 9.47 Å². The van der Waals surface area contributed by atoms with Crippen molar-refractivity contribution in [1.29, 1.82) is 0 Å². The van der Waals surface area contributed by atoms with Crippen LogP contribution in [0.4, 0.5) is 22.2 Å². The number of hydrogen-bond acceptors (Lipinski definition) is 8. The molecule has 3 rings (SSSR count). The first-order valence-electron chi connectivity index (χ1n) is 10.3. The Kier molecular flexibility index (Phi) is 8.39. The van der Waals surface area contributed by atoms with Gasteiger partial charge in [0, 0.05) is 44.6 Å². The first-order valence-corrected chi connectivity index (χ1v) is 10.3. The molecule has 0 saturated carbocycles. The number of benzene rings is 1. The molecule has 2 heterocycles. The van der Waals surface area contributed by atoms with Gasteiger partial charge in [0.15, 0.2) is 0 Å². The van der Waals surface area contributed by atoms with Crippen molar-refractivity contribution in [2.24, 2.45) is 0 Å². The van der Waals surface area contributed by atoms with Crippen LogP contribution in [0.25, 0.3) is 0 Å². The number of aromatic nitrogens is 2. The molecule has 1 fully saturated rings. The molecule has 2 aromatic rings. The molecule has 0 unspecified atom stereocenters. The molecule has 1 aromatic carbocycles. The minimum absolute atomic E-state index is 0.324. The number of morpholine rings is 1. The highest BCUT2D eigenvalue weighted by Crippen LogP contribution is 2.20. The van der Waals surface area contributed by atoms with Gasteiger partial charge in [-0.2, -0.15) is 4.98 Å². The van der Waals surface area contributed by atoms with Gasteiger partial charge in [0.2, 0.25) is 5.95 Å². The van der Waals surface area contributed by atoms with Crippen molar-refractivity contribution >= 4 is 23.5 Å². The molecule has 1 aliphatic rings. The molecule has 1 amide bonds. The number of hydrogen-bond donors (Lipinski definition) is 2. The molecule has 0 spiro atoms. The number of nitrogens with zero attached hydrogens (tertiary/aromatic N) is 5. The zero-order chi connectivity index (χ0) is 22.1. The largest absolute Gasteiger partial charge is 0.492 e. The van der Waals surface area contributed by atoms with E-state index in [1.165, 1.54) is 4.90 Å². The number of carboxylic acid groups (broad SMARTS) is 1. The van der Waals surface area contributed by atoms with E-state index < -0.39 is 6.09 Å². The lowest BCUT2D eigenvalue weighted by Gasteiger charge is -2.28. The van der Waals surface area contributed by atoms with E-state index in [0.29, 0.717) is 44.7 Å². The zero-order valence-corrected chi connectivity index (χ0v) is 18.0. The van der Waals surface area contributed by atoms with E-state index in [1.807, 2.05) is 38.4 Å². The van der Waals surface area contributed by atoms with E-state index in [-0.39, 0.29) is 0 Å². The first-order chi connectivity index (χ1) is 15.0. The van der Waals surface area contributed by atoms with Gasteiger partial charge in [-0.05, 0) is 44.4 Å². The number of rotatable bonds is 10. The maximum Gasteiger partial charge on any atom is 0.413 e. The molecule has 0 aliphatic carbocycles. The van der Waals surface area contributed by atoms with Crippen LogP contribution in [0.2, 0.25) is 0 Å². The van der Waals surface area contributed by atoms with Crippen LogP contribution in [0.1, 0.15) is 0 Å². The number of amides is 1. The van der Waals surface area contributed by atoms with Crippen LogP contribution < -0.4 is 15.0 Å². The van der Waals surface area contributed by atoms with Crippen molar-refractivity contribution in [2.45, 2.75) is 0 Å². The fourth-order valence-corrected chi connectivity index (χ4v) is 3.04. The molecule has 10 nitrogen and oxygen atoms in total. The predicted molar refractivity (Wildman–Crippen MR) is 118 cm³/mol. The number of carbonyl (C=O) groups is 1. The van der Waals surface area contributed by atoms with Crippen LogP contribution in [0.5, 0.6) is 5.75 Å². The Morgan fingerprint density at radius 1 is 1.19 bits per heavy atom. The van der Waals surface area contributed by atoms with Gasteiger partial charge in [-0.25, -0.2) is 9.78 Å². The topological polar surface area (TPSA) is 103 Å². The summed E-state index contributed by atoms with van der Waals surface area (Å²) in [6.45, 7) is 5.36. The number of anilines is 3. The fraction of sp³-hybridized carbons (Fsp3) is 0.476. The molecule has 1 saturated heterocycles. The van der Waals surface area contributed by atoms with Crippen LogP contribution in [-0.2, 0) is 4.74 Å². The summed E-state index contributed by atoms with van der Waals surface area (Å²) in [5, 5.41) is 12.8. The smallest absolute Gasteiger partial charge is 0.413 e. The number of likely N-dealkylation sites (N-methyl/N-ethyl adjacent to an activating group) is 1. The van der Waals surface area contributed by atoms with E-state index in [9.17, 15) is 9.90 Å². The minimum atomic E-state index is -1.04. The Morgan fingerprint density at radius 3 is 2.61 bits per heavy atom. The van der Waals surface area contributed by atoms with Gasteiger partial charge in [0.1, 0.15) is 18.2 Å². The second-order valence-electron chi connectivity index (χ2n) is 7.43. The SMILES string of the molecule is CN(C)CCOc1ccc(Nc2nccc(N(CCN3CCOCC3)C(=O)O)n2)cc1. The van der Waals surface area contributed by atoms with E-state index >= 15 is 0 Å². The van der Waals surface area contributed by atoms with E-state index in [0.717, 1.165) is 31.1 Å². The third-order valence-corrected chi connectivity index (χ3v) is 4.81. The van der Waals surface area contributed by atoms with Crippen molar-refractivity contribution < 1.29 is 19.4 Å². The van der Waals surface area contributed by atoms with Crippen molar-refractivity contribution in [1.82, 2.24) is 19.8 Å². The lowest BCUT2D eigenvalue weighted by molar-refractivity contribution is 0.0392. The van der Waals surface area contributed by atoms with Gasteiger partial charge in [-0.15, -0.1) is 0 Å².